The molecule has 1 saturated heterocycles. The second-order valence-corrected chi connectivity index (χ2v) is 10.9. The van der Waals surface area contributed by atoms with Crippen LogP contribution in [-0.2, 0) is 4.79 Å². The Kier molecular flexibility index (Phi) is 6.65. The van der Waals surface area contributed by atoms with Crippen molar-refractivity contribution < 1.29 is 14.6 Å². The first-order valence-electron chi connectivity index (χ1n) is 13.2. The van der Waals surface area contributed by atoms with E-state index in [1.807, 2.05) is 0 Å². The maximum absolute atomic E-state index is 11.3. The van der Waals surface area contributed by atoms with Crippen LogP contribution in [0.5, 0.6) is 5.75 Å². The molecule has 33 heavy (non-hydrogen) atoms. The van der Waals surface area contributed by atoms with Crippen LogP contribution >= 0.6 is 0 Å². The highest BCUT2D eigenvalue weighted by Gasteiger charge is 2.38. The molecule has 0 radical (unpaired) electrons. The van der Waals surface area contributed by atoms with Crippen LogP contribution < -0.4 is 4.74 Å². The van der Waals surface area contributed by atoms with Gasteiger partial charge in [-0.25, -0.2) is 0 Å². The smallest absolute Gasteiger partial charge is 0.306 e. The number of carboxylic acids is 1. The van der Waals surface area contributed by atoms with E-state index in [2.05, 4.69) is 48.2 Å². The molecule has 2 aliphatic carbocycles. The van der Waals surface area contributed by atoms with Gasteiger partial charge in [0.25, 0.3) is 0 Å². The van der Waals surface area contributed by atoms with Crippen LogP contribution in [0.1, 0.15) is 89.2 Å². The van der Waals surface area contributed by atoms with E-state index in [-0.39, 0.29) is 5.92 Å². The first-order chi connectivity index (χ1) is 16.0. The largest absolute Gasteiger partial charge is 0.490 e. The van der Waals surface area contributed by atoms with Gasteiger partial charge in [-0.2, -0.15) is 0 Å². The maximum Gasteiger partial charge on any atom is 0.306 e. The molecule has 2 saturated carbocycles. The molecule has 1 N–H and O–H groups in total. The van der Waals surface area contributed by atoms with E-state index in [4.69, 9.17) is 4.74 Å². The van der Waals surface area contributed by atoms with Crippen molar-refractivity contribution >= 4 is 16.7 Å². The minimum absolute atomic E-state index is 0.179. The number of nitrogens with zero attached hydrogens (tertiary/aromatic N) is 1. The molecule has 2 aromatic rings. The zero-order valence-electron chi connectivity index (χ0n) is 20.1. The highest BCUT2D eigenvalue weighted by Crippen LogP contribution is 2.49. The lowest BCUT2D eigenvalue weighted by Crippen LogP contribution is -2.38. The van der Waals surface area contributed by atoms with Gasteiger partial charge < -0.3 is 9.84 Å². The number of aliphatic carboxylic acids is 1. The molecule has 4 nitrogen and oxygen atoms in total. The van der Waals surface area contributed by atoms with E-state index in [9.17, 15) is 9.90 Å². The van der Waals surface area contributed by atoms with Crippen molar-refractivity contribution in [1.29, 1.82) is 0 Å². The molecule has 0 bridgehead atoms. The summed E-state index contributed by atoms with van der Waals surface area (Å²) in [5.74, 6) is 0.185. The third-order valence-corrected chi connectivity index (χ3v) is 8.89. The second-order valence-electron chi connectivity index (χ2n) is 10.9. The zero-order chi connectivity index (χ0) is 22.8. The third kappa shape index (κ3) is 4.91. The summed E-state index contributed by atoms with van der Waals surface area (Å²) < 4.78 is 6.43. The Morgan fingerprint density at radius 3 is 2.33 bits per heavy atom. The summed E-state index contributed by atoms with van der Waals surface area (Å²) in [5, 5.41) is 11.8. The Balaban J connectivity index is 1.24. The summed E-state index contributed by atoms with van der Waals surface area (Å²) in [6.45, 7) is 3.96. The van der Waals surface area contributed by atoms with Crippen LogP contribution in [0.15, 0.2) is 36.4 Å². The Morgan fingerprint density at radius 2 is 1.67 bits per heavy atom. The lowest BCUT2D eigenvalue weighted by molar-refractivity contribution is -0.143. The van der Waals surface area contributed by atoms with Gasteiger partial charge in [-0.05, 0) is 111 Å². The van der Waals surface area contributed by atoms with Crippen molar-refractivity contribution in [2.24, 2.45) is 11.3 Å². The number of rotatable bonds is 6. The fourth-order valence-electron chi connectivity index (χ4n) is 6.82. The molecule has 0 amide bonds. The summed E-state index contributed by atoms with van der Waals surface area (Å²) in [6, 6.07) is 13.7. The van der Waals surface area contributed by atoms with E-state index in [0.717, 1.165) is 38.1 Å². The monoisotopic (exact) mass is 449 g/mol. The molecule has 1 spiro atoms. The van der Waals surface area contributed by atoms with Gasteiger partial charge in [0.15, 0.2) is 0 Å². The fourth-order valence-corrected chi connectivity index (χ4v) is 6.82. The van der Waals surface area contributed by atoms with Crippen LogP contribution in [0.2, 0.25) is 0 Å². The predicted octanol–water partition coefficient (Wildman–Crippen LogP) is 6.97. The SMILES string of the molecule is CCC(c1ccc2cc(OC3CCC4(CCCC4)CC3)ccc2c1)N1CCC(C(=O)O)CC1. The standard InChI is InChI=1S/C29H39NO3/c1-2-27(30-17-11-21(12-18-30)28(31)32)24-6-5-23-20-26(8-7-22(23)19-24)33-25-9-15-29(16-10-25)13-3-4-14-29/h5-8,19-21,25,27H,2-4,9-18H2,1H3,(H,31,32). The topological polar surface area (TPSA) is 49.8 Å². The van der Waals surface area contributed by atoms with E-state index in [0.29, 0.717) is 17.6 Å². The molecule has 1 aliphatic heterocycles. The predicted molar refractivity (Wildman–Crippen MR) is 133 cm³/mol. The second kappa shape index (κ2) is 9.66. The number of hydrogen-bond donors (Lipinski definition) is 1. The summed E-state index contributed by atoms with van der Waals surface area (Å²) in [5.41, 5.74) is 1.99. The lowest BCUT2D eigenvalue weighted by atomic mass is 9.72. The van der Waals surface area contributed by atoms with Crippen molar-refractivity contribution in [3.8, 4) is 5.75 Å². The summed E-state index contributed by atoms with van der Waals surface area (Å²) in [6.07, 6.45) is 13.7. The number of piperidine rings is 1. The fraction of sp³-hybridized carbons (Fsp3) is 0.621. The van der Waals surface area contributed by atoms with E-state index >= 15 is 0 Å². The minimum Gasteiger partial charge on any atom is -0.490 e. The highest BCUT2D eigenvalue weighted by molar-refractivity contribution is 5.84. The van der Waals surface area contributed by atoms with Crippen LogP contribution in [-0.4, -0.2) is 35.2 Å². The third-order valence-electron chi connectivity index (χ3n) is 8.89. The molecule has 0 aromatic heterocycles. The minimum atomic E-state index is -0.641. The molecule has 4 heteroatoms. The average molecular weight is 450 g/mol. The van der Waals surface area contributed by atoms with Gasteiger partial charge >= 0.3 is 5.97 Å². The van der Waals surface area contributed by atoms with Crippen LogP contribution in [0.3, 0.4) is 0 Å². The number of ether oxygens (including phenoxy) is 1. The van der Waals surface area contributed by atoms with Crippen molar-refractivity contribution in [2.45, 2.75) is 89.7 Å². The van der Waals surface area contributed by atoms with Gasteiger partial charge in [-0.3, -0.25) is 9.69 Å². The highest BCUT2D eigenvalue weighted by atomic mass is 16.5. The number of hydrogen-bond acceptors (Lipinski definition) is 3. The summed E-state index contributed by atoms with van der Waals surface area (Å²) in [4.78, 5) is 13.8. The van der Waals surface area contributed by atoms with Crippen LogP contribution in [0.25, 0.3) is 10.8 Å². The number of likely N-dealkylation sites (tertiary alicyclic amines) is 1. The van der Waals surface area contributed by atoms with Crippen LogP contribution in [0, 0.1) is 11.3 Å². The molecular formula is C29H39NO3. The molecule has 1 atom stereocenters. The van der Waals surface area contributed by atoms with Gasteiger partial charge in [0.1, 0.15) is 5.75 Å². The van der Waals surface area contributed by atoms with Crippen molar-refractivity contribution in [3.05, 3.63) is 42.0 Å². The molecular weight excluding hydrogens is 410 g/mol. The van der Waals surface area contributed by atoms with Crippen molar-refractivity contribution in [1.82, 2.24) is 4.90 Å². The molecule has 1 heterocycles. The molecule has 5 rings (SSSR count). The Labute approximate surface area is 198 Å². The van der Waals surface area contributed by atoms with Crippen molar-refractivity contribution in [2.75, 3.05) is 13.1 Å². The number of fused-ring (bicyclic) bond motifs is 1. The average Bonchev–Trinajstić information content (AvgIpc) is 3.29. The van der Waals surface area contributed by atoms with E-state index in [1.54, 1.807) is 0 Å². The maximum atomic E-state index is 11.3. The number of benzene rings is 2. The van der Waals surface area contributed by atoms with Gasteiger partial charge in [-0.1, -0.05) is 38.0 Å². The van der Waals surface area contributed by atoms with Gasteiger partial charge in [-0.15, -0.1) is 0 Å². The summed E-state index contributed by atoms with van der Waals surface area (Å²) in [7, 11) is 0. The Bertz CT molecular complexity index is 962. The Morgan fingerprint density at radius 1 is 1.00 bits per heavy atom. The number of carboxylic acid groups (broad SMARTS) is 1. The van der Waals surface area contributed by atoms with Gasteiger partial charge in [0.05, 0.1) is 12.0 Å². The van der Waals surface area contributed by atoms with Gasteiger partial charge in [0, 0.05) is 6.04 Å². The molecule has 3 aliphatic rings. The lowest BCUT2D eigenvalue weighted by Gasteiger charge is -2.37. The quantitative estimate of drug-likeness (QED) is 0.517. The number of carbonyl (C=O) groups is 1. The summed E-state index contributed by atoms with van der Waals surface area (Å²) >= 11 is 0. The van der Waals surface area contributed by atoms with E-state index < -0.39 is 5.97 Å². The van der Waals surface area contributed by atoms with Gasteiger partial charge in [0.2, 0.25) is 0 Å². The molecule has 1 unspecified atom stereocenters. The Hall–Kier alpha value is -2.07. The molecule has 178 valence electrons. The zero-order valence-corrected chi connectivity index (χ0v) is 20.1. The first kappa shape index (κ1) is 22.7. The normalized spacial score (nSPS) is 23.2. The molecule has 2 aromatic carbocycles. The first-order valence-corrected chi connectivity index (χ1v) is 13.2. The molecule has 3 fully saturated rings. The van der Waals surface area contributed by atoms with Crippen LogP contribution in [0.4, 0.5) is 0 Å². The van der Waals surface area contributed by atoms with Crippen molar-refractivity contribution in [3.63, 3.8) is 0 Å². The van der Waals surface area contributed by atoms with E-state index in [1.165, 1.54) is 67.7 Å².